The van der Waals surface area contributed by atoms with Crippen LogP contribution in [0.2, 0.25) is 0 Å². The van der Waals surface area contributed by atoms with Gasteiger partial charge in [-0.15, -0.1) is 0 Å². The molecule has 2 aliphatic rings. The highest BCUT2D eigenvalue weighted by atomic mass is 16.2. The predicted octanol–water partition coefficient (Wildman–Crippen LogP) is -0.423. The summed E-state index contributed by atoms with van der Waals surface area (Å²) in [5.74, 6) is -0.580. The molecule has 20 heavy (non-hydrogen) atoms. The molecule has 0 aromatic rings. The normalized spacial score (nSPS) is 25.9. The van der Waals surface area contributed by atoms with Crippen molar-refractivity contribution in [3.8, 4) is 0 Å². The van der Waals surface area contributed by atoms with Crippen LogP contribution in [0, 0.1) is 0 Å². The molecule has 1 unspecified atom stereocenters. The lowest BCUT2D eigenvalue weighted by molar-refractivity contribution is -0.135. The summed E-state index contributed by atoms with van der Waals surface area (Å²) >= 11 is 0. The van der Waals surface area contributed by atoms with Gasteiger partial charge in [0.15, 0.2) is 0 Å². The fourth-order valence-corrected chi connectivity index (χ4v) is 2.62. The molecule has 2 rings (SSSR count). The molecule has 0 aromatic heterocycles. The molecule has 4 amide bonds. The van der Waals surface area contributed by atoms with Crippen LogP contribution in [0.4, 0.5) is 4.79 Å². The van der Waals surface area contributed by atoms with Crippen LogP contribution >= 0.6 is 0 Å². The quantitative estimate of drug-likeness (QED) is 0.472. The first-order chi connectivity index (χ1) is 9.59. The van der Waals surface area contributed by atoms with Crippen LogP contribution in [0.25, 0.3) is 0 Å². The van der Waals surface area contributed by atoms with Crippen molar-refractivity contribution in [1.82, 2.24) is 20.9 Å². The highest BCUT2D eigenvalue weighted by Crippen LogP contribution is 2.24. The number of imide groups is 1. The molecular formula is C13H22N4O3. The van der Waals surface area contributed by atoms with Crippen LogP contribution in [0.1, 0.15) is 32.6 Å². The topological polar surface area (TPSA) is 90.5 Å². The zero-order chi connectivity index (χ0) is 14.6. The van der Waals surface area contributed by atoms with Gasteiger partial charge >= 0.3 is 6.03 Å². The number of hydrogen-bond donors (Lipinski definition) is 3. The third-order valence-corrected chi connectivity index (χ3v) is 3.78. The third-order valence-electron chi connectivity index (χ3n) is 3.78. The summed E-state index contributed by atoms with van der Waals surface area (Å²) in [6.45, 7) is 3.69. The molecular weight excluding hydrogens is 260 g/mol. The zero-order valence-corrected chi connectivity index (χ0v) is 11.8. The fraction of sp³-hybridized carbons (Fsp3) is 0.769. The third kappa shape index (κ3) is 2.92. The Balaban J connectivity index is 1.93. The number of rotatable bonds is 5. The maximum absolute atomic E-state index is 12.4. The molecule has 2 fully saturated rings. The van der Waals surface area contributed by atoms with Gasteiger partial charge in [0.2, 0.25) is 5.91 Å². The number of piperidine rings is 1. The second-order valence-electron chi connectivity index (χ2n) is 5.39. The second kappa shape index (κ2) is 6.21. The molecule has 0 saturated carbocycles. The van der Waals surface area contributed by atoms with E-state index < -0.39 is 11.6 Å². The summed E-state index contributed by atoms with van der Waals surface area (Å²) < 4.78 is 0. The standard InChI is InChI=1S/C13H22N4O3/c1-2-3-7-15-10(18)8-17-11(19)13(16-12(17)20)5-4-6-14-9-13/h14H,2-9H2,1H3,(H,15,18)(H,16,20). The summed E-state index contributed by atoms with van der Waals surface area (Å²) in [6, 6.07) is -0.468. The van der Waals surface area contributed by atoms with Crippen LogP contribution in [0.3, 0.4) is 0 Å². The number of unbranched alkanes of at least 4 members (excludes halogenated alkanes) is 1. The van der Waals surface area contributed by atoms with Crippen LogP contribution in [0.15, 0.2) is 0 Å². The molecule has 0 bridgehead atoms. The first kappa shape index (κ1) is 14.8. The number of carbonyl (C=O) groups is 3. The Bertz CT molecular complexity index is 404. The van der Waals surface area contributed by atoms with Gasteiger partial charge in [-0.3, -0.25) is 14.5 Å². The van der Waals surface area contributed by atoms with Crippen LogP contribution < -0.4 is 16.0 Å². The first-order valence-electron chi connectivity index (χ1n) is 7.20. The lowest BCUT2D eigenvalue weighted by Crippen LogP contribution is -2.57. The number of amides is 4. The Kier molecular flexibility index (Phi) is 4.59. The van der Waals surface area contributed by atoms with Gasteiger partial charge in [-0.2, -0.15) is 0 Å². The summed E-state index contributed by atoms with van der Waals surface area (Å²) in [4.78, 5) is 37.0. The van der Waals surface area contributed by atoms with Gasteiger partial charge in [-0.25, -0.2) is 4.79 Å². The Morgan fingerprint density at radius 1 is 1.45 bits per heavy atom. The lowest BCUT2D eigenvalue weighted by Gasteiger charge is -2.31. The van der Waals surface area contributed by atoms with Crippen molar-refractivity contribution in [2.24, 2.45) is 0 Å². The molecule has 1 atom stereocenters. The van der Waals surface area contributed by atoms with Crippen molar-refractivity contribution >= 4 is 17.8 Å². The van der Waals surface area contributed by atoms with E-state index in [1.54, 1.807) is 0 Å². The van der Waals surface area contributed by atoms with Crippen molar-refractivity contribution in [1.29, 1.82) is 0 Å². The summed E-state index contributed by atoms with van der Waals surface area (Å²) in [7, 11) is 0. The maximum Gasteiger partial charge on any atom is 0.325 e. The number of nitrogens with one attached hydrogen (secondary N) is 3. The van der Waals surface area contributed by atoms with Gasteiger partial charge < -0.3 is 16.0 Å². The zero-order valence-electron chi connectivity index (χ0n) is 11.8. The van der Waals surface area contributed by atoms with E-state index in [2.05, 4.69) is 16.0 Å². The van der Waals surface area contributed by atoms with E-state index in [0.29, 0.717) is 19.5 Å². The maximum atomic E-state index is 12.4. The van der Waals surface area contributed by atoms with E-state index in [0.717, 1.165) is 30.7 Å². The SMILES string of the molecule is CCCCNC(=O)CN1C(=O)NC2(CCCNC2)C1=O. The summed E-state index contributed by atoms with van der Waals surface area (Å²) in [5, 5.41) is 8.57. The molecule has 0 aliphatic carbocycles. The molecule has 2 heterocycles. The van der Waals surface area contributed by atoms with Crippen LogP contribution in [-0.4, -0.2) is 54.5 Å². The van der Waals surface area contributed by atoms with Crippen LogP contribution in [0.5, 0.6) is 0 Å². The highest BCUT2D eigenvalue weighted by molar-refractivity contribution is 6.09. The number of nitrogens with zero attached hydrogens (tertiary/aromatic N) is 1. The van der Waals surface area contributed by atoms with Gasteiger partial charge in [0, 0.05) is 13.1 Å². The molecule has 1 spiro atoms. The van der Waals surface area contributed by atoms with Gasteiger partial charge in [0.25, 0.3) is 5.91 Å². The summed E-state index contributed by atoms with van der Waals surface area (Å²) in [5.41, 5.74) is -0.848. The molecule has 0 aromatic carbocycles. The van der Waals surface area contributed by atoms with Crippen molar-refractivity contribution in [2.45, 2.75) is 38.1 Å². The van der Waals surface area contributed by atoms with E-state index in [9.17, 15) is 14.4 Å². The molecule has 7 heteroatoms. The number of hydrogen-bond acceptors (Lipinski definition) is 4. The monoisotopic (exact) mass is 282 g/mol. The van der Waals surface area contributed by atoms with Crippen molar-refractivity contribution in [2.75, 3.05) is 26.2 Å². The fourth-order valence-electron chi connectivity index (χ4n) is 2.62. The van der Waals surface area contributed by atoms with Crippen molar-refractivity contribution in [3.05, 3.63) is 0 Å². The van der Waals surface area contributed by atoms with E-state index in [1.165, 1.54) is 0 Å². The predicted molar refractivity (Wildman–Crippen MR) is 73.0 cm³/mol. The lowest BCUT2D eigenvalue weighted by atomic mass is 9.90. The number of urea groups is 1. The Hall–Kier alpha value is -1.63. The minimum atomic E-state index is -0.848. The van der Waals surface area contributed by atoms with Crippen molar-refractivity contribution < 1.29 is 14.4 Å². The summed E-state index contributed by atoms with van der Waals surface area (Å²) in [6.07, 6.45) is 3.33. The Labute approximate surface area is 118 Å². The van der Waals surface area contributed by atoms with Gasteiger partial charge in [-0.1, -0.05) is 13.3 Å². The largest absolute Gasteiger partial charge is 0.355 e. The van der Waals surface area contributed by atoms with E-state index in [1.807, 2.05) is 6.92 Å². The van der Waals surface area contributed by atoms with Gasteiger partial charge in [0.05, 0.1) is 0 Å². The minimum Gasteiger partial charge on any atom is -0.355 e. The average molecular weight is 282 g/mol. The van der Waals surface area contributed by atoms with E-state index in [-0.39, 0.29) is 18.4 Å². The Morgan fingerprint density at radius 3 is 2.90 bits per heavy atom. The van der Waals surface area contributed by atoms with Gasteiger partial charge in [-0.05, 0) is 25.8 Å². The smallest absolute Gasteiger partial charge is 0.325 e. The molecule has 112 valence electrons. The molecule has 2 aliphatic heterocycles. The van der Waals surface area contributed by atoms with Crippen LogP contribution in [-0.2, 0) is 9.59 Å². The Morgan fingerprint density at radius 2 is 2.25 bits per heavy atom. The molecule has 0 radical (unpaired) electrons. The average Bonchev–Trinajstić information content (AvgIpc) is 2.65. The molecule has 3 N–H and O–H groups in total. The van der Waals surface area contributed by atoms with Crippen molar-refractivity contribution in [3.63, 3.8) is 0 Å². The minimum absolute atomic E-state index is 0.198. The van der Waals surface area contributed by atoms with Gasteiger partial charge in [0.1, 0.15) is 12.1 Å². The number of carbonyl (C=O) groups excluding carboxylic acids is 3. The highest BCUT2D eigenvalue weighted by Gasteiger charge is 2.51. The first-order valence-corrected chi connectivity index (χ1v) is 7.20. The van der Waals surface area contributed by atoms with E-state index >= 15 is 0 Å². The van der Waals surface area contributed by atoms with E-state index in [4.69, 9.17) is 0 Å². The molecule has 2 saturated heterocycles. The second-order valence-corrected chi connectivity index (χ2v) is 5.39. The molecule has 7 nitrogen and oxygen atoms in total.